The smallest absolute Gasteiger partial charge is 0.220 e. The lowest BCUT2D eigenvalue weighted by molar-refractivity contribution is -0.121. The zero-order chi connectivity index (χ0) is 14.3. The Balaban J connectivity index is 2.35. The molecule has 0 saturated heterocycles. The summed E-state index contributed by atoms with van der Waals surface area (Å²) in [6, 6.07) is 7.83. The van der Waals surface area contributed by atoms with E-state index >= 15 is 0 Å². The number of nitrogens with one attached hydrogen (secondary N) is 1. The summed E-state index contributed by atoms with van der Waals surface area (Å²) >= 11 is 0. The number of benzene rings is 1. The first-order valence-electron chi connectivity index (χ1n) is 6.75. The van der Waals surface area contributed by atoms with E-state index in [1.165, 1.54) is 0 Å². The Morgan fingerprint density at radius 2 is 1.89 bits per heavy atom. The van der Waals surface area contributed by atoms with Gasteiger partial charge in [0.2, 0.25) is 5.91 Å². The number of carbonyl (C=O) groups is 1. The highest BCUT2D eigenvalue weighted by Crippen LogP contribution is 2.13. The van der Waals surface area contributed by atoms with Crippen molar-refractivity contribution in [2.24, 2.45) is 5.73 Å². The third-order valence-corrected chi connectivity index (χ3v) is 2.61. The Morgan fingerprint density at radius 3 is 2.42 bits per heavy atom. The van der Waals surface area contributed by atoms with Crippen molar-refractivity contribution < 1.29 is 9.53 Å². The molecule has 4 nitrogen and oxygen atoms in total. The van der Waals surface area contributed by atoms with E-state index in [1.54, 1.807) is 0 Å². The van der Waals surface area contributed by atoms with Crippen LogP contribution in [0.4, 0.5) is 0 Å². The lowest BCUT2D eigenvalue weighted by atomic mass is 10.2. The standard InChI is InChI=1S/C15H24N2O2/c1-11(2)19-14-7-5-13(6-8-14)10-17-15(18)9-4-12(3)16/h5-8,11-12H,4,9-10,16H2,1-3H3,(H,17,18). The Hall–Kier alpha value is -1.55. The normalized spacial score (nSPS) is 12.3. The number of nitrogens with two attached hydrogens (primary N) is 1. The molecule has 1 aromatic rings. The highest BCUT2D eigenvalue weighted by molar-refractivity contribution is 5.75. The molecule has 0 aliphatic heterocycles. The molecule has 0 bridgehead atoms. The van der Waals surface area contributed by atoms with Crippen LogP contribution >= 0.6 is 0 Å². The van der Waals surface area contributed by atoms with Crippen molar-refractivity contribution in [1.82, 2.24) is 5.32 Å². The van der Waals surface area contributed by atoms with Crippen molar-refractivity contribution in [1.29, 1.82) is 0 Å². The molecule has 1 amide bonds. The molecule has 106 valence electrons. The van der Waals surface area contributed by atoms with E-state index in [9.17, 15) is 4.79 Å². The molecule has 0 aliphatic rings. The van der Waals surface area contributed by atoms with Crippen molar-refractivity contribution in [3.63, 3.8) is 0 Å². The largest absolute Gasteiger partial charge is 0.491 e. The summed E-state index contributed by atoms with van der Waals surface area (Å²) in [7, 11) is 0. The van der Waals surface area contributed by atoms with Crippen LogP contribution in [0.15, 0.2) is 24.3 Å². The van der Waals surface area contributed by atoms with Gasteiger partial charge in [-0.1, -0.05) is 12.1 Å². The highest BCUT2D eigenvalue weighted by Gasteiger charge is 2.04. The summed E-state index contributed by atoms with van der Waals surface area (Å²) in [5.41, 5.74) is 6.67. The molecular weight excluding hydrogens is 240 g/mol. The van der Waals surface area contributed by atoms with E-state index < -0.39 is 0 Å². The lowest BCUT2D eigenvalue weighted by Crippen LogP contribution is -2.25. The molecule has 0 aliphatic carbocycles. The van der Waals surface area contributed by atoms with Crippen LogP contribution < -0.4 is 15.8 Å². The van der Waals surface area contributed by atoms with Gasteiger partial charge in [0.05, 0.1) is 6.10 Å². The molecule has 0 aromatic heterocycles. The number of amides is 1. The zero-order valence-corrected chi connectivity index (χ0v) is 12.0. The van der Waals surface area contributed by atoms with Crippen LogP contribution in [0.1, 0.15) is 39.2 Å². The molecule has 19 heavy (non-hydrogen) atoms. The van der Waals surface area contributed by atoms with Gasteiger partial charge in [-0.3, -0.25) is 4.79 Å². The van der Waals surface area contributed by atoms with E-state index in [2.05, 4.69) is 5.32 Å². The van der Waals surface area contributed by atoms with Crippen LogP contribution in [0.2, 0.25) is 0 Å². The average Bonchev–Trinajstić information content (AvgIpc) is 2.35. The average molecular weight is 264 g/mol. The quantitative estimate of drug-likeness (QED) is 0.793. The molecule has 1 aromatic carbocycles. The van der Waals surface area contributed by atoms with Gasteiger partial charge in [0.15, 0.2) is 0 Å². The first-order chi connectivity index (χ1) is 8.97. The molecule has 1 atom stereocenters. The fourth-order valence-corrected chi connectivity index (χ4v) is 1.61. The third kappa shape index (κ3) is 6.82. The minimum absolute atomic E-state index is 0.0415. The topological polar surface area (TPSA) is 64.4 Å². The summed E-state index contributed by atoms with van der Waals surface area (Å²) in [6.45, 7) is 6.43. The van der Waals surface area contributed by atoms with Gasteiger partial charge in [-0.05, 0) is 44.9 Å². The Morgan fingerprint density at radius 1 is 1.26 bits per heavy atom. The number of ether oxygens (including phenoxy) is 1. The molecule has 3 N–H and O–H groups in total. The maximum atomic E-state index is 11.5. The fourth-order valence-electron chi connectivity index (χ4n) is 1.61. The van der Waals surface area contributed by atoms with Crippen LogP contribution in [0.3, 0.4) is 0 Å². The van der Waals surface area contributed by atoms with E-state index in [4.69, 9.17) is 10.5 Å². The van der Waals surface area contributed by atoms with Crippen LogP contribution in [-0.4, -0.2) is 18.1 Å². The lowest BCUT2D eigenvalue weighted by Gasteiger charge is -2.10. The molecule has 1 unspecified atom stereocenters. The van der Waals surface area contributed by atoms with Crippen molar-refractivity contribution in [2.75, 3.05) is 0 Å². The Kier molecular flexibility index (Phi) is 6.36. The van der Waals surface area contributed by atoms with Gasteiger partial charge in [0.1, 0.15) is 5.75 Å². The van der Waals surface area contributed by atoms with E-state index in [0.29, 0.717) is 19.4 Å². The Labute approximate surface area is 115 Å². The highest BCUT2D eigenvalue weighted by atomic mass is 16.5. The van der Waals surface area contributed by atoms with Gasteiger partial charge in [-0.15, -0.1) is 0 Å². The number of carbonyl (C=O) groups excluding carboxylic acids is 1. The first kappa shape index (κ1) is 15.5. The monoisotopic (exact) mass is 264 g/mol. The summed E-state index contributed by atoms with van der Waals surface area (Å²) < 4.78 is 5.56. The second kappa shape index (κ2) is 7.79. The summed E-state index contributed by atoms with van der Waals surface area (Å²) in [6.07, 6.45) is 1.36. The van der Waals surface area contributed by atoms with Gasteiger partial charge < -0.3 is 15.8 Å². The van der Waals surface area contributed by atoms with E-state index in [-0.39, 0.29) is 18.1 Å². The second-order valence-electron chi connectivity index (χ2n) is 5.10. The van der Waals surface area contributed by atoms with Crippen molar-refractivity contribution >= 4 is 5.91 Å². The molecule has 0 radical (unpaired) electrons. The summed E-state index contributed by atoms with van der Waals surface area (Å²) in [4.78, 5) is 11.5. The van der Waals surface area contributed by atoms with Crippen molar-refractivity contribution in [3.05, 3.63) is 29.8 Å². The van der Waals surface area contributed by atoms with Crippen LogP contribution in [0, 0.1) is 0 Å². The predicted octanol–water partition coefficient (Wildman–Crippen LogP) is 2.22. The van der Waals surface area contributed by atoms with Gasteiger partial charge in [0.25, 0.3) is 0 Å². The Bertz CT molecular complexity index is 386. The molecular formula is C15H24N2O2. The first-order valence-corrected chi connectivity index (χ1v) is 6.75. The van der Waals surface area contributed by atoms with Gasteiger partial charge >= 0.3 is 0 Å². The van der Waals surface area contributed by atoms with Crippen LogP contribution in [0.25, 0.3) is 0 Å². The molecule has 0 spiro atoms. The van der Waals surface area contributed by atoms with E-state index in [1.807, 2.05) is 45.0 Å². The molecule has 0 saturated carbocycles. The summed E-state index contributed by atoms with van der Waals surface area (Å²) in [5.74, 6) is 0.891. The van der Waals surface area contributed by atoms with Crippen LogP contribution in [-0.2, 0) is 11.3 Å². The van der Waals surface area contributed by atoms with Gasteiger partial charge in [-0.2, -0.15) is 0 Å². The van der Waals surface area contributed by atoms with Crippen molar-refractivity contribution in [2.45, 2.75) is 52.3 Å². The number of rotatable bonds is 7. The number of hydrogen-bond acceptors (Lipinski definition) is 3. The molecule has 0 fully saturated rings. The van der Waals surface area contributed by atoms with Gasteiger partial charge in [-0.25, -0.2) is 0 Å². The fraction of sp³-hybridized carbons (Fsp3) is 0.533. The third-order valence-electron chi connectivity index (χ3n) is 2.61. The van der Waals surface area contributed by atoms with E-state index in [0.717, 1.165) is 11.3 Å². The summed E-state index contributed by atoms with van der Waals surface area (Å²) in [5, 5.41) is 2.88. The zero-order valence-electron chi connectivity index (χ0n) is 12.0. The molecule has 1 rings (SSSR count). The predicted molar refractivity (Wildman–Crippen MR) is 76.9 cm³/mol. The number of hydrogen-bond donors (Lipinski definition) is 2. The molecule has 4 heteroatoms. The second-order valence-corrected chi connectivity index (χ2v) is 5.10. The maximum Gasteiger partial charge on any atom is 0.220 e. The SMILES string of the molecule is CC(N)CCC(=O)NCc1ccc(OC(C)C)cc1. The van der Waals surface area contributed by atoms with Crippen molar-refractivity contribution in [3.8, 4) is 5.75 Å². The minimum atomic E-state index is 0.0415. The van der Waals surface area contributed by atoms with Gasteiger partial charge in [0, 0.05) is 19.0 Å². The maximum absolute atomic E-state index is 11.5. The van der Waals surface area contributed by atoms with Crippen LogP contribution in [0.5, 0.6) is 5.75 Å². The molecule has 0 heterocycles. The minimum Gasteiger partial charge on any atom is -0.491 e.